The van der Waals surface area contributed by atoms with Crippen molar-refractivity contribution in [2.75, 3.05) is 0 Å². The fraction of sp³-hybridized carbons (Fsp3) is 0.333. The first-order chi connectivity index (χ1) is 5.52. The molecule has 0 aliphatic carbocycles. The minimum Gasteiger partial charge on any atom is -0.508 e. The zero-order chi connectivity index (χ0) is 9.30. The van der Waals surface area contributed by atoms with Gasteiger partial charge >= 0.3 is 0 Å². The van der Waals surface area contributed by atoms with Crippen molar-refractivity contribution >= 4 is 0 Å². The van der Waals surface area contributed by atoms with E-state index < -0.39 is 11.6 Å². The van der Waals surface area contributed by atoms with Crippen molar-refractivity contribution in [3.05, 3.63) is 29.3 Å². The van der Waals surface area contributed by atoms with Crippen molar-refractivity contribution in [2.24, 2.45) is 0 Å². The van der Waals surface area contributed by atoms with E-state index in [1.807, 2.05) is 0 Å². The lowest BCUT2D eigenvalue weighted by Gasteiger charge is -2.08. The molecule has 1 rings (SSSR count). The predicted octanol–water partition coefficient (Wildman–Crippen LogP) is 2.79. The molecule has 0 spiro atoms. The van der Waals surface area contributed by atoms with E-state index in [0.717, 1.165) is 12.1 Å². The Morgan fingerprint density at radius 2 is 1.58 bits per heavy atom. The van der Waals surface area contributed by atoms with Gasteiger partial charge in [0.2, 0.25) is 0 Å². The van der Waals surface area contributed by atoms with Gasteiger partial charge in [-0.05, 0) is 5.92 Å². The van der Waals surface area contributed by atoms with Crippen LogP contribution in [-0.2, 0) is 0 Å². The van der Waals surface area contributed by atoms with Crippen molar-refractivity contribution in [1.29, 1.82) is 0 Å². The van der Waals surface area contributed by atoms with Crippen LogP contribution >= 0.6 is 0 Å². The summed E-state index contributed by atoms with van der Waals surface area (Å²) in [5, 5.41) is 8.82. The number of halogens is 2. The smallest absolute Gasteiger partial charge is 0.133 e. The molecular weight excluding hydrogens is 162 g/mol. The second kappa shape index (κ2) is 3.09. The molecule has 0 saturated carbocycles. The van der Waals surface area contributed by atoms with Gasteiger partial charge in [-0.3, -0.25) is 0 Å². The molecule has 1 aromatic rings. The van der Waals surface area contributed by atoms with Gasteiger partial charge in [0, 0.05) is 17.7 Å². The van der Waals surface area contributed by atoms with Crippen LogP contribution in [0.1, 0.15) is 25.3 Å². The monoisotopic (exact) mass is 172 g/mol. The summed E-state index contributed by atoms with van der Waals surface area (Å²) in [7, 11) is 0. The molecule has 1 nitrogen and oxygen atoms in total. The average molecular weight is 172 g/mol. The minimum absolute atomic E-state index is 0.0211. The van der Waals surface area contributed by atoms with Crippen LogP contribution in [0.2, 0.25) is 0 Å². The fourth-order valence-corrected chi connectivity index (χ4v) is 1.12. The highest BCUT2D eigenvalue weighted by atomic mass is 19.1. The lowest BCUT2D eigenvalue weighted by Crippen LogP contribution is -1.97. The Morgan fingerprint density at radius 1 is 1.17 bits per heavy atom. The molecule has 0 radical (unpaired) electrons. The van der Waals surface area contributed by atoms with Gasteiger partial charge in [-0.1, -0.05) is 13.8 Å². The largest absolute Gasteiger partial charge is 0.508 e. The third-order valence-corrected chi connectivity index (χ3v) is 1.64. The fourth-order valence-electron chi connectivity index (χ4n) is 1.12. The summed E-state index contributed by atoms with van der Waals surface area (Å²) in [6, 6.07) is 1.83. The van der Waals surface area contributed by atoms with E-state index in [2.05, 4.69) is 0 Å². The van der Waals surface area contributed by atoms with Gasteiger partial charge in [0.25, 0.3) is 0 Å². The Kier molecular flexibility index (Phi) is 2.31. The van der Waals surface area contributed by atoms with E-state index >= 15 is 0 Å². The summed E-state index contributed by atoms with van der Waals surface area (Å²) < 4.78 is 25.9. The second-order valence-electron chi connectivity index (χ2n) is 2.98. The molecule has 0 fully saturated rings. The summed E-state index contributed by atoms with van der Waals surface area (Å²) in [4.78, 5) is 0. The number of phenolic OH excluding ortho intramolecular Hbond substituents is 1. The van der Waals surface area contributed by atoms with Crippen LogP contribution in [-0.4, -0.2) is 5.11 Å². The zero-order valence-electron chi connectivity index (χ0n) is 6.94. The van der Waals surface area contributed by atoms with Crippen molar-refractivity contribution in [1.82, 2.24) is 0 Å². The summed E-state index contributed by atoms with van der Waals surface area (Å²) in [5.74, 6) is -1.98. The van der Waals surface area contributed by atoms with Gasteiger partial charge in [-0.25, -0.2) is 8.78 Å². The van der Waals surface area contributed by atoms with E-state index in [1.54, 1.807) is 13.8 Å². The molecule has 0 aromatic heterocycles. The Balaban J connectivity index is 3.28. The van der Waals surface area contributed by atoms with E-state index in [0.29, 0.717) is 0 Å². The van der Waals surface area contributed by atoms with Crippen LogP contribution in [0.4, 0.5) is 8.78 Å². The molecule has 0 bridgehead atoms. The lowest BCUT2D eigenvalue weighted by atomic mass is 10.0. The van der Waals surface area contributed by atoms with Gasteiger partial charge < -0.3 is 5.11 Å². The summed E-state index contributed by atoms with van der Waals surface area (Å²) in [5.41, 5.74) is 0.0211. The highest BCUT2D eigenvalue weighted by molar-refractivity contribution is 5.31. The number of hydrogen-bond donors (Lipinski definition) is 1. The first-order valence-corrected chi connectivity index (χ1v) is 3.70. The van der Waals surface area contributed by atoms with Crippen molar-refractivity contribution in [3.63, 3.8) is 0 Å². The molecule has 1 aromatic carbocycles. The Labute approximate surface area is 69.7 Å². The SMILES string of the molecule is CC(C)c1c(F)cc(O)cc1F. The van der Waals surface area contributed by atoms with Crippen LogP contribution in [0.5, 0.6) is 5.75 Å². The molecule has 66 valence electrons. The Hall–Kier alpha value is -1.12. The van der Waals surface area contributed by atoms with Gasteiger partial charge in [0.05, 0.1) is 0 Å². The Bertz CT molecular complexity index is 272. The molecule has 0 aliphatic heterocycles. The molecule has 12 heavy (non-hydrogen) atoms. The second-order valence-corrected chi connectivity index (χ2v) is 2.98. The zero-order valence-corrected chi connectivity index (χ0v) is 6.94. The van der Waals surface area contributed by atoms with E-state index in [1.165, 1.54) is 0 Å². The third kappa shape index (κ3) is 1.55. The topological polar surface area (TPSA) is 20.2 Å². The lowest BCUT2D eigenvalue weighted by molar-refractivity contribution is 0.454. The third-order valence-electron chi connectivity index (χ3n) is 1.64. The van der Waals surface area contributed by atoms with E-state index in [-0.39, 0.29) is 17.2 Å². The quantitative estimate of drug-likeness (QED) is 0.690. The van der Waals surface area contributed by atoms with Crippen LogP contribution in [0.25, 0.3) is 0 Å². The van der Waals surface area contributed by atoms with Crippen LogP contribution in [0.15, 0.2) is 12.1 Å². The average Bonchev–Trinajstić information content (AvgIpc) is 1.82. The maximum absolute atomic E-state index is 13.0. The molecule has 0 aliphatic rings. The summed E-state index contributed by atoms with van der Waals surface area (Å²) in [6.45, 7) is 3.39. The number of aromatic hydroxyl groups is 1. The normalized spacial score (nSPS) is 10.8. The molecule has 0 amide bonds. The maximum Gasteiger partial charge on any atom is 0.133 e. The molecule has 0 atom stereocenters. The van der Waals surface area contributed by atoms with Gasteiger partial charge in [-0.15, -0.1) is 0 Å². The first-order valence-electron chi connectivity index (χ1n) is 3.70. The minimum atomic E-state index is -0.692. The van der Waals surface area contributed by atoms with Gasteiger partial charge in [0.15, 0.2) is 0 Å². The number of phenols is 1. The van der Waals surface area contributed by atoms with Gasteiger partial charge in [0.1, 0.15) is 17.4 Å². The number of benzene rings is 1. The van der Waals surface area contributed by atoms with Crippen molar-refractivity contribution in [2.45, 2.75) is 19.8 Å². The van der Waals surface area contributed by atoms with Crippen LogP contribution < -0.4 is 0 Å². The standard InChI is InChI=1S/C9H10F2O/c1-5(2)9-7(10)3-6(12)4-8(9)11/h3-5,12H,1-2H3. The number of hydrogen-bond acceptors (Lipinski definition) is 1. The van der Waals surface area contributed by atoms with Crippen LogP contribution in [0, 0.1) is 11.6 Å². The first kappa shape index (κ1) is 8.97. The molecule has 0 unspecified atom stereocenters. The Morgan fingerprint density at radius 3 is 1.92 bits per heavy atom. The highest BCUT2D eigenvalue weighted by Crippen LogP contribution is 2.25. The van der Waals surface area contributed by atoms with Crippen molar-refractivity contribution in [3.8, 4) is 5.75 Å². The molecule has 3 heteroatoms. The summed E-state index contributed by atoms with van der Waals surface area (Å²) in [6.07, 6.45) is 0. The molecular formula is C9H10F2O. The van der Waals surface area contributed by atoms with E-state index in [4.69, 9.17) is 5.11 Å². The summed E-state index contributed by atoms with van der Waals surface area (Å²) >= 11 is 0. The van der Waals surface area contributed by atoms with Gasteiger partial charge in [-0.2, -0.15) is 0 Å². The molecule has 1 N–H and O–H groups in total. The van der Waals surface area contributed by atoms with E-state index in [9.17, 15) is 8.78 Å². The predicted molar refractivity (Wildman–Crippen MR) is 42.1 cm³/mol. The molecule has 0 saturated heterocycles. The number of rotatable bonds is 1. The molecule has 0 heterocycles. The van der Waals surface area contributed by atoms with Crippen LogP contribution in [0.3, 0.4) is 0 Å². The maximum atomic E-state index is 13.0. The van der Waals surface area contributed by atoms with Crippen molar-refractivity contribution < 1.29 is 13.9 Å². The highest BCUT2D eigenvalue weighted by Gasteiger charge is 2.13.